The number of hydrogen-bond donors (Lipinski definition) is 0. The number of halogens is 1. The van der Waals surface area contributed by atoms with E-state index in [4.69, 9.17) is 0 Å². The molecule has 0 heterocycles. The van der Waals surface area contributed by atoms with Crippen LogP contribution in [-0.2, 0) is 6.42 Å². The Kier molecular flexibility index (Phi) is 3.63. The lowest BCUT2D eigenvalue weighted by molar-refractivity contribution is 0.294. The van der Waals surface area contributed by atoms with Crippen LogP contribution >= 0.6 is 15.9 Å². The van der Waals surface area contributed by atoms with Crippen LogP contribution in [0.4, 0.5) is 0 Å². The average Bonchev–Trinajstić information content (AvgIpc) is 2.13. The number of alkyl halides is 1. The maximum Gasteiger partial charge on any atom is 0.0188 e. The van der Waals surface area contributed by atoms with Gasteiger partial charge in [0.25, 0.3) is 0 Å². The topological polar surface area (TPSA) is 0 Å². The van der Waals surface area contributed by atoms with Gasteiger partial charge in [0.2, 0.25) is 0 Å². The van der Waals surface area contributed by atoms with E-state index in [1.807, 2.05) is 0 Å². The van der Waals surface area contributed by atoms with E-state index in [9.17, 15) is 0 Å². The Labute approximate surface area is 94.8 Å². The van der Waals surface area contributed by atoms with Crippen LogP contribution < -0.4 is 0 Å². The fraction of sp³-hybridized carbons (Fsp3) is 0.538. The summed E-state index contributed by atoms with van der Waals surface area (Å²) in [5.41, 5.74) is 1.45. The van der Waals surface area contributed by atoms with E-state index in [0.717, 1.165) is 5.92 Å². The second kappa shape index (κ2) is 4.97. The molecule has 0 aliphatic heterocycles. The molecule has 1 saturated carbocycles. The predicted molar refractivity (Wildman–Crippen MR) is 64.8 cm³/mol. The normalized spacial score (nSPS) is 18.9. The summed E-state index contributed by atoms with van der Waals surface area (Å²) >= 11 is 3.79. The minimum Gasteiger partial charge on any atom is -0.0887 e. The van der Waals surface area contributed by atoms with Crippen LogP contribution in [0.5, 0.6) is 0 Å². The number of rotatable bonds is 4. The van der Waals surface area contributed by atoms with Crippen molar-refractivity contribution in [1.82, 2.24) is 0 Å². The summed E-state index contributed by atoms with van der Waals surface area (Å²) in [5, 5.41) is 0. The second-order valence-electron chi connectivity index (χ2n) is 4.32. The SMILES string of the molecule is BrC(Cc1ccccc1)CC1CCC1. The first-order valence-corrected chi connectivity index (χ1v) is 6.44. The Morgan fingerprint density at radius 3 is 2.50 bits per heavy atom. The zero-order valence-corrected chi connectivity index (χ0v) is 10.0. The summed E-state index contributed by atoms with van der Waals surface area (Å²) < 4.78 is 0. The van der Waals surface area contributed by atoms with Crippen LogP contribution in [0, 0.1) is 5.92 Å². The van der Waals surface area contributed by atoms with Gasteiger partial charge < -0.3 is 0 Å². The molecular formula is C13H17Br. The van der Waals surface area contributed by atoms with E-state index in [-0.39, 0.29) is 0 Å². The molecule has 0 radical (unpaired) electrons. The lowest BCUT2D eigenvalue weighted by Crippen LogP contribution is -2.17. The predicted octanol–water partition coefficient (Wildman–Crippen LogP) is 4.18. The molecule has 1 aliphatic rings. The van der Waals surface area contributed by atoms with Gasteiger partial charge >= 0.3 is 0 Å². The molecule has 1 heteroatoms. The molecule has 14 heavy (non-hydrogen) atoms. The van der Waals surface area contributed by atoms with Crippen LogP contribution in [0.3, 0.4) is 0 Å². The van der Waals surface area contributed by atoms with Crippen LogP contribution in [-0.4, -0.2) is 4.83 Å². The Hall–Kier alpha value is -0.300. The third-order valence-corrected chi connectivity index (χ3v) is 3.81. The minimum absolute atomic E-state index is 0.676. The zero-order valence-electron chi connectivity index (χ0n) is 8.45. The van der Waals surface area contributed by atoms with Gasteiger partial charge in [0, 0.05) is 4.83 Å². The third-order valence-electron chi connectivity index (χ3n) is 3.11. The van der Waals surface area contributed by atoms with Gasteiger partial charge in [0.1, 0.15) is 0 Å². The van der Waals surface area contributed by atoms with Gasteiger partial charge in [-0.1, -0.05) is 65.5 Å². The Bertz CT molecular complexity index is 264. The molecule has 1 aromatic rings. The molecule has 0 saturated heterocycles. The van der Waals surface area contributed by atoms with E-state index >= 15 is 0 Å². The Morgan fingerprint density at radius 2 is 1.93 bits per heavy atom. The van der Waals surface area contributed by atoms with E-state index in [1.54, 1.807) is 0 Å². The van der Waals surface area contributed by atoms with E-state index in [0.29, 0.717) is 4.83 Å². The molecule has 0 nitrogen and oxygen atoms in total. The Morgan fingerprint density at radius 1 is 1.21 bits per heavy atom. The molecule has 1 aliphatic carbocycles. The molecule has 1 unspecified atom stereocenters. The summed E-state index contributed by atoms with van der Waals surface area (Å²) in [5.74, 6) is 1.00. The molecule has 0 aromatic heterocycles. The van der Waals surface area contributed by atoms with Gasteiger partial charge in [-0.25, -0.2) is 0 Å². The highest BCUT2D eigenvalue weighted by Crippen LogP contribution is 2.33. The molecule has 0 N–H and O–H groups in total. The molecular weight excluding hydrogens is 236 g/mol. The lowest BCUT2D eigenvalue weighted by Gasteiger charge is -2.27. The van der Waals surface area contributed by atoms with Crippen molar-refractivity contribution in [2.24, 2.45) is 5.92 Å². The van der Waals surface area contributed by atoms with Crippen molar-refractivity contribution in [3.63, 3.8) is 0 Å². The fourth-order valence-corrected chi connectivity index (χ4v) is 2.95. The summed E-state index contributed by atoms with van der Waals surface area (Å²) in [6.45, 7) is 0. The molecule has 1 atom stereocenters. The minimum atomic E-state index is 0.676. The monoisotopic (exact) mass is 252 g/mol. The lowest BCUT2D eigenvalue weighted by atomic mass is 9.81. The summed E-state index contributed by atoms with van der Waals surface area (Å²) in [6.07, 6.45) is 6.90. The molecule has 1 fully saturated rings. The van der Waals surface area contributed by atoms with Crippen molar-refractivity contribution in [3.05, 3.63) is 35.9 Å². The highest BCUT2D eigenvalue weighted by molar-refractivity contribution is 9.09. The maximum absolute atomic E-state index is 3.79. The van der Waals surface area contributed by atoms with Crippen LogP contribution in [0.25, 0.3) is 0 Å². The first-order valence-electron chi connectivity index (χ1n) is 5.52. The van der Waals surface area contributed by atoms with Crippen LogP contribution in [0.2, 0.25) is 0 Å². The number of hydrogen-bond acceptors (Lipinski definition) is 0. The smallest absolute Gasteiger partial charge is 0.0188 e. The van der Waals surface area contributed by atoms with Gasteiger partial charge in [0.15, 0.2) is 0 Å². The van der Waals surface area contributed by atoms with Crippen LogP contribution in [0.1, 0.15) is 31.2 Å². The van der Waals surface area contributed by atoms with Gasteiger partial charge in [-0.05, 0) is 24.3 Å². The molecule has 0 amide bonds. The molecule has 76 valence electrons. The van der Waals surface area contributed by atoms with Gasteiger partial charge in [-0.15, -0.1) is 0 Å². The van der Waals surface area contributed by atoms with Crippen molar-refractivity contribution in [2.45, 2.75) is 36.9 Å². The first kappa shape index (κ1) is 10.2. The van der Waals surface area contributed by atoms with Gasteiger partial charge in [-0.3, -0.25) is 0 Å². The van der Waals surface area contributed by atoms with Gasteiger partial charge in [0.05, 0.1) is 0 Å². The zero-order chi connectivity index (χ0) is 9.80. The van der Waals surface area contributed by atoms with Crippen molar-refractivity contribution < 1.29 is 0 Å². The molecule has 1 aromatic carbocycles. The fourth-order valence-electron chi connectivity index (χ4n) is 2.04. The largest absolute Gasteiger partial charge is 0.0887 e. The highest BCUT2D eigenvalue weighted by Gasteiger charge is 2.20. The molecule has 0 bridgehead atoms. The average molecular weight is 253 g/mol. The van der Waals surface area contributed by atoms with E-state index in [2.05, 4.69) is 46.3 Å². The first-order chi connectivity index (χ1) is 6.84. The Balaban J connectivity index is 1.79. The standard InChI is InChI=1S/C13H17Br/c14-13(10-12-7-4-8-12)9-11-5-2-1-3-6-11/h1-3,5-6,12-13H,4,7-10H2. The van der Waals surface area contributed by atoms with Crippen molar-refractivity contribution in [2.75, 3.05) is 0 Å². The maximum atomic E-state index is 3.79. The number of benzene rings is 1. The van der Waals surface area contributed by atoms with E-state index in [1.165, 1.54) is 37.7 Å². The second-order valence-corrected chi connectivity index (χ2v) is 5.61. The summed E-state index contributed by atoms with van der Waals surface area (Å²) in [7, 11) is 0. The molecule has 0 spiro atoms. The quantitative estimate of drug-likeness (QED) is 0.706. The van der Waals surface area contributed by atoms with Gasteiger partial charge in [-0.2, -0.15) is 0 Å². The van der Waals surface area contributed by atoms with Crippen molar-refractivity contribution in [3.8, 4) is 0 Å². The van der Waals surface area contributed by atoms with E-state index < -0.39 is 0 Å². The molecule has 2 rings (SSSR count). The van der Waals surface area contributed by atoms with Crippen LogP contribution in [0.15, 0.2) is 30.3 Å². The summed E-state index contributed by atoms with van der Waals surface area (Å²) in [6, 6.07) is 10.8. The highest BCUT2D eigenvalue weighted by atomic mass is 79.9. The third kappa shape index (κ3) is 2.84. The van der Waals surface area contributed by atoms with Crippen molar-refractivity contribution in [1.29, 1.82) is 0 Å². The van der Waals surface area contributed by atoms with Crippen molar-refractivity contribution >= 4 is 15.9 Å². The summed E-state index contributed by atoms with van der Waals surface area (Å²) in [4.78, 5) is 0.676.